The molecule has 0 heterocycles. The molecule has 2 amide bonds. The quantitative estimate of drug-likeness (QED) is 0.422. The number of urea groups is 1. The number of nitrogens with two attached hydrogens (primary N) is 1. The van der Waals surface area contributed by atoms with Gasteiger partial charge in [0.15, 0.2) is 0 Å². The van der Waals surface area contributed by atoms with Crippen LogP contribution in [0, 0.1) is 12.8 Å². The number of amides is 2. The number of allylic oxidation sites excluding steroid dienone is 5. The van der Waals surface area contributed by atoms with Gasteiger partial charge in [0.05, 0.1) is 5.75 Å². The summed E-state index contributed by atoms with van der Waals surface area (Å²) in [7, 11) is -3.84. The van der Waals surface area contributed by atoms with Crippen molar-refractivity contribution in [3.05, 3.63) is 64.3 Å². The van der Waals surface area contributed by atoms with Crippen LogP contribution in [-0.2, 0) is 19.6 Å². The first kappa shape index (κ1) is 24.1. The van der Waals surface area contributed by atoms with Crippen LogP contribution in [0.25, 0.3) is 0 Å². The zero-order chi connectivity index (χ0) is 24.5. The average molecular weight is 484 g/mol. The normalized spacial score (nSPS) is 23.1. The number of sulfonamides is 1. The molecule has 4 N–H and O–H groups in total. The third-order valence-electron chi connectivity index (χ3n) is 6.76. The predicted molar refractivity (Wildman–Crippen MR) is 129 cm³/mol. The van der Waals surface area contributed by atoms with Crippen LogP contribution >= 0.6 is 0 Å². The Kier molecular flexibility index (Phi) is 6.86. The number of hydrogen-bond acceptors (Lipinski definition) is 5. The summed E-state index contributed by atoms with van der Waals surface area (Å²) in [5, 5.41) is 11.1. The number of rotatable bonds is 6. The van der Waals surface area contributed by atoms with Crippen molar-refractivity contribution in [1.29, 1.82) is 0 Å². The molecule has 1 fully saturated rings. The Morgan fingerprint density at radius 3 is 2.29 bits per heavy atom. The van der Waals surface area contributed by atoms with Gasteiger partial charge >= 0.3 is 6.03 Å². The van der Waals surface area contributed by atoms with E-state index >= 15 is 0 Å². The van der Waals surface area contributed by atoms with Crippen molar-refractivity contribution >= 4 is 33.3 Å². The highest BCUT2D eigenvalue weighted by Gasteiger charge is 2.36. The van der Waals surface area contributed by atoms with E-state index in [1.807, 2.05) is 31.2 Å². The standard InChI is InChI=1S/C25H29N3O5S/c1-15-2-7-18(8-3-15)27-25(31)28-19-9-4-16(5-10-19)20-11-12-21(20)23-17(14-34(26,32)33)6-13-22(29)24(23)30/h2-3,6-8,13,16,19H,4-5,9-12,14H2,1H3,(H2,26,32,33)(H2,27,28,31). The molecule has 8 nitrogen and oxygen atoms in total. The fourth-order valence-corrected chi connectivity index (χ4v) is 5.65. The minimum atomic E-state index is -3.84. The number of carbonyl (C=O) groups is 3. The second-order valence-corrected chi connectivity index (χ2v) is 10.9. The lowest BCUT2D eigenvalue weighted by Gasteiger charge is -2.37. The zero-order valence-corrected chi connectivity index (χ0v) is 19.9. The highest BCUT2D eigenvalue weighted by molar-refractivity contribution is 7.89. The Labute approximate surface area is 199 Å². The highest BCUT2D eigenvalue weighted by Crippen LogP contribution is 2.45. The van der Waals surface area contributed by atoms with E-state index in [9.17, 15) is 22.8 Å². The second kappa shape index (κ2) is 9.68. The van der Waals surface area contributed by atoms with Crippen molar-refractivity contribution in [2.45, 2.75) is 51.5 Å². The number of benzene rings is 1. The molecule has 0 spiro atoms. The first-order valence-corrected chi connectivity index (χ1v) is 13.2. The minimum absolute atomic E-state index is 0.0591. The van der Waals surface area contributed by atoms with Gasteiger partial charge in [0.2, 0.25) is 21.6 Å². The van der Waals surface area contributed by atoms with Crippen LogP contribution < -0.4 is 15.8 Å². The number of carbonyl (C=O) groups excluding carboxylic acids is 3. The van der Waals surface area contributed by atoms with Gasteiger partial charge in [-0.15, -0.1) is 0 Å². The molecule has 0 radical (unpaired) electrons. The van der Waals surface area contributed by atoms with E-state index in [1.54, 1.807) is 0 Å². The van der Waals surface area contributed by atoms with Gasteiger partial charge in [0.1, 0.15) is 0 Å². The summed E-state index contributed by atoms with van der Waals surface area (Å²) in [6, 6.07) is 7.43. The van der Waals surface area contributed by atoms with Crippen LogP contribution in [0.4, 0.5) is 10.5 Å². The predicted octanol–water partition coefficient (Wildman–Crippen LogP) is 3.06. The lowest BCUT2D eigenvalue weighted by atomic mass is 9.69. The maximum absolute atomic E-state index is 12.6. The maximum Gasteiger partial charge on any atom is 0.319 e. The van der Waals surface area contributed by atoms with E-state index in [2.05, 4.69) is 10.6 Å². The molecule has 9 heteroatoms. The van der Waals surface area contributed by atoms with Gasteiger partial charge in [-0.25, -0.2) is 18.4 Å². The van der Waals surface area contributed by atoms with Crippen molar-refractivity contribution in [1.82, 2.24) is 5.32 Å². The number of anilines is 1. The van der Waals surface area contributed by atoms with Crippen molar-refractivity contribution in [3.63, 3.8) is 0 Å². The fourth-order valence-electron chi connectivity index (χ4n) is 4.98. The molecule has 0 unspecified atom stereocenters. The Morgan fingerprint density at radius 2 is 1.71 bits per heavy atom. The maximum atomic E-state index is 12.6. The van der Waals surface area contributed by atoms with Crippen molar-refractivity contribution in [2.24, 2.45) is 11.1 Å². The summed E-state index contributed by atoms with van der Waals surface area (Å²) < 4.78 is 23.3. The van der Waals surface area contributed by atoms with Crippen LogP contribution in [-0.4, -0.2) is 37.8 Å². The molecule has 3 aliphatic rings. The van der Waals surface area contributed by atoms with Gasteiger partial charge in [0, 0.05) is 17.3 Å². The second-order valence-electron chi connectivity index (χ2n) is 9.25. The van der Waals surface area contributed by atoms with Crippen LogP contribution in [0.3, 0.4) is 0 Å². The lowest BCUT2D eigenvalue weighted by Crippen LogP contribution is -2.40. The number of aryl methyl sites for hydroxylation is 1. The summed E-state index contributed by atoms with van der Waals surface area (Å²) in [6.45, 7) is 1.99. The van der Waals surface area contributed by atoms with Gasteiger partial charge in [-0.1, -0.05) is 29.3 Å². The van der Waals surface area contributed by atoms with Crippen LogP contribution in [0.15, 0.2) is 58.7 Å². The molecule has 34 heavy (non-hydrogen) atoms. The highest BCUT2D eigenvalue weighted by atomic mass is 32.2. The summed E-state index contributed by atoms with van der Waals surface area (Å²) in [5.74, 6) is -1.52. The molecule has 180 valence electrons. The third-order valence-corrected chi connectivity index (χ3v) is 7.48. The molecule has 1 aromatic rings. The van der Waals surface area contributed by atoms with E-state index < -0.39 is 27.3 Å². The molecule has 0 aliphatic heterocycles. The van der Waals surface area contributed by atoms with E-state index in [4.69, 9.17) is 5.14 Å². The molecule has 1 aromatic carbocycles. The molecule has 0 bridgehead atoms. The molecule has 4 rings (SSSR count). The molecule has 0 saturated heterocycles. The third kappa shape index (κ3) is 5.53. The summed E-state index contributed by atoms with van der Waals surface area (Å²) in [5.41, 5.74) is 4.31. The molecular weight excluding hydrogens is 454 g/mol. The summed E-state index contributed by atoms with van der Waals surface area (Å²) in [6.07, 6.45) is 7.29. The number of nitrogens with one attached hydrogen (secondary N) is 2. The molecule has 1 saturated carbocycles. The fraction of sp³-hybridized carbons (Fsp3) is 0.400. The van der Waals surface area contributed by atoms with Gasteiger partial charge in [-0.05, 0) is 80.7 Å². The van der Waals surface area contributed by atoms with Gasteiger partial charge < -0.3 is 10.6 Å². The topological polar surface area (TPSA) is 135 Å². The average Bonchev–Trinajstić information content (AvgIpc) is 2.74. The molecule has 3 aliphatic carbocycles. The summed E-state index contributed by atoms with van der Waals surface area (Å²) in [4.78, 5) is 37.0. The molecule has 0 aromatic heterocycles. The largest absolute Gasteiger partial charge is 0.335 e. The van der Waals surface area contributed by atoms with Gasteiger partial charge in [-0.3, -0.25) is 9.59 Å². The number of Topliss-reactive ketones (excluding diaryl/α,β-unsaturated/α-hetero) is 1. The lowest BCUT2D eigenvalue weighted by molar-refractivity contribution is -0.131. The van der Waals surface area contributed by atoms with Gasteiger partial charge in [0.25, 0.3) is 0 Å². The molecular formula is C25H29N3O5S. The van der Waals surface area contributed by atoms with Gasteiger partial charge in [-0.2, -0.15) is 0 Å². The van der Waals surface area contributed by atoms with Crippen LogP contribution in [0.2, 0.25) is 0 Å². The Balaban J connectivity index is 1.41. The monoisotopic (exact) mass is 483 g/mol. The summed E-state index contributed by atoms with van der Waals surface area (Å²) >= 11 is 0. The van der Waals surface area contributed by atoms with E-state index in [1.165, 1.54) is 6.08 Å². The number of ketones is 2. The number of hydrogen-bond donors (Lipinski definition) is 3. The van der Waals surface area contributed by atoms with E-state index in [-0.39, 0.29) is 23.6 Å². The Morgan fingerprint density at radius 1 is 1.03 bits per heavy atom. The van der Waals surface area contributed by atoms with Crippen LogP contribution in [0.1, 0.15) is 44.1 Å². The van der Waals surface area contributed by atoms with Crippen molar-refractivity contribution in [2.75, 3.05) is 11.1 Å². The van der Waals surface area contributed by atoms with Crippen LogP contribution in [0.5, 0.6) is 0 Å². The SMILES string of the molecule is Cc1ccc(NC(=O)NC2CCC(C3=C(C4=C(CS(N)(=O)=O)C=CC(=O)C4=O)CC3)CC2)cc1. The smallest absolute Gasteiger partial charge is 0.319 e. The molecule has 0 atom stereocenters. The first-order chi connectivity index (χ1) is 16.1. The Hall–Kier alpha value is -3.04. The minimum Gasteiger partial charge on any atom is -0.335 e. The zero-order valence-electron chi connectivity index (χ0n) is 19.1. The van der Waals surface area contributed by atoms with E-state index in [0.29, 0.717) is 12.0 Å². The van der Waals surface area contributed by atoms with Crippen molar-refractivity contribution in [3.8, 4) is 0 Å². The van der Waals surface area contributed by atoms with E-state index in [0.717, 1.165) is 60.6 Å². The Bertz CT molecular complexity index is 1220. The van der Waals surface area contributed by atoms with Crippen molar-refractivity contribution < 1.29 is 22.8 Å². The first-order valence-electron chi connectivity index (χ1n) is 11.5. The number of primary sulfonamides is 1.